The molecule has 1 fully saturated rings. The van der Waals surface area contributed by atoms with Gasteiger partial charge in [0, 0.05) is 22.7 Å². The molecule has 0 amide bonds. The highest BCUT2D eigenvalue weighted by atomic mass is 79.9. The Labute approximate surface area is 199 Å². The molecule has 168 valence electrons. The first-order chi connectivity index (χ1) is 15.6. The van der Waals surface area contributed by atoms with Crippen LogP contribution in [0.25, 0.3) is 0 Å². The number of fused-ring (bicyclic) bond motifs is 1. The Kier molecular flexibility index (Phi) is 6.40. The van der Waals surface area contributed by atoms with Crippen molar-refractivity contribution in [3.63, 3.8) is 0 Å². The molecule has 4 aliphatic rings. The van der Waals surface area contributed by atoms with Gasteiger partial charge in [-0.3, -0.25) is 0 Å². The van der Waals surface area contributed by atoms with Crippen LogP contribution in [0.2, 0.25) is 0 Å². The molecule has 5 atom stereocenters. The molecule has 0 heterocycles. The van der Waals surface area contributed by atoms with Gasteiger partial charge in [0.05, 0.1) is 0 Å². The highest BCUT2D eigenvalue weighted by molar-refractivity contribution is 9.11. The molecule has 32 heavy (non-hydrogen) atoms. The van der Waals surface area contributed by atoms with Crippen molar-refractivity contribution in [2.75, 3.05) is 0 Å². The fraction of sp³-hybridized carbons (Fsp3) is 0.448. The van der Waals surface area contributed by atoms with Crippen LogP contribution < -0.4 is 0 Å². The highest BCUT2D eigenvalue weighted by Gasteiger charge is 2.46. The SMILES string of the molecule is OC(C1=C(C2C=CC(Br)=C3CCCCC32)CCC(F)C1)(c1ccccc1)C1C=CC=CC1. The number of benzene rings is 1. The Morgan fingerprint density at radius 2 is 1.81 bits per heavy atom. The van der Waals surface area contributed by atoms with E-state index in [9.17, 15) is 9.50 Å². The molecular formula is C29H32BrFO. The van der Waals surface area contributed by atoms with Crippen LogP contribution in [-0.4, -0.2) is 11.3 Å². The van der Waals surface area contributed by atoms with E-state index in [0.717, 1.165) is 30.4 Å². The lowest BCUT2D eigenvalue weighted by Crippen LogP contribution is -2.41. The minimum atomic E-state index is -1.19. The van der Waals surface area contributed by atoms with Gasteiger partial charge in [-0.2, -0.15) is 0 Å². The summed E-state index contributed by atoms with van der Waals surface area (Å²) in [7, 11) is 0. The maximum Gasteiger partial charge on any atom is 0.118 e. The van der Waals surface area contributed by atoms with E-state index in [2.05, 4.69) is 40.2 Å². The summed E-state index contributed by atoms with van der Waals surface area (Å²) in [5.74, 6) is 0.629. The summed E-state index contributed by atoms with van der Waals surface area (Å²) >= 11 is 3.80. The molecule has 4 aliphatic carbocycles. The van der Waals surface area contributed by atoms with Gasteiger partial charge in [0.15, 0.2) is 0 Å². The third kappa shape index (κ3) is 3.92. The van der Waals surface area contributed by atoms with Crippen molar-refractivity contribution < 1.29 is 9.50 Å². The summed E-state index contributed by atoms with van der Waals surface area (Å²) in [4.78, 5) is 0. The van der Waals surface area contributed by atoms with Crippen LogP contribution in [0.3, 0.4) is 0 Å². The Morgan fingerprint density at radius 1 is 0.969 bits per heavy atom. The van der Waals surface area contributed by atoms with Gasteiger partial charge >= 0.3 is 0 Å². The minimum Gasteiger partial charge on any atom is -0.380 e. The van der Waals surface area contributed by atoms with Crippen LogP contribution in [-0.2, 0) is 5.60 Å². The number of aliphatic hydroxyl groups is 1. The van der Waals surface area contributed by atoms with E-state index in [-0.39, 0.29) is 11.8 Å². The lowest BCUT2D eigenvalue weighted by molar-refractivity contribution is 0.0211. The smallest absolute Gasteiger partial charge is 0.118 e. The van der Waals surface area contributed by atoms with Crippen LogP contribution in [0, 0.1) is 17.8 Å². The fourth-order valence-corrected chi connectivity index (χ4v) is 7.05. The van der Waals surface area contributed by atoms with Gasteiger partial charge < -0.3 is 5.11 Å². The third-order valence-electron chi connectivity index (χ3n) is 7.98. The van der Waals surface area contributed by atoms with Gasteiger partial charge in [-0.1, -0.05) is 100 Å². The lowest BCUT2D eigenvalue weighted by atomic mass is 9.63. The zero-order chi connectivity index (χ0) is 22.1. The predicted molar refractivity (Wildman–Crippen MR) is 133 cm³/mol. The first-order valence-electron chi connectivity index (χ1n) is 12.1. The summed E-state index contributed by atoms with van der Waals surface area (Å²) in [5, 5.41) is 12.5. The van der Waals surface area contributed by atoms with Gasteiger partial charge in [-0.05, 0) is 55.6 Å². The van der Waals surface area contributed by atoms with E-state index in [4.69, 9.17) is 0 Å². The van der Waals surface area contributed by atoms with E-state index in [1.54, 1.807) is 0 Å². The second-order valence-electron chi connectivity index (χ2n) is 9.74. The molecule has 0 aromatic heterocycles. The standard InChI is InChI=1S/C29H32BrFO/c30-28-18-17-24(23-13-7-8-14-26(23)28)25-16-15-22(31)19-27(25)29(32,20-9-3-1-4-10-20)21-11-5-2-6-12-21/h1-6,9-11,17-18,21-24,32H,7-8,12-16,19H2. The Bertz CT molecular complexity index is 1000. The largest absolute Gasteiger partial charge is 0.380 e. The van der Waals surface area contributed by atoms with Crippen LogP contribution in [0.1, 0.15) is 56.9 Å². The Hall–Kier alpha value is -1.71. The molecule has 0 radical (unpaired) electrons. The zero-order valence-corrected chi connectivity index (χ0v) is 20.1. The first-order valence-corrected chi connectivity index (χ1v) is 12.9. The quantitative estimate of drug-likeness (QED) is 0.422. The molecule has 0 bridgehead atoms. The van der Waals surface area contributed by atoms with E-state index >= 15 is 0 Å². The zero-order valence-electron chi connectivity index (χ0n) is 18.5. The summed E-state index contributed by atoms with van der Waals surface area (Å²) in [6.07, 6.45) is 19.1. The Morgan fingerprint density at radius 3 is 2.59 bits per heavy atom. The molecule has 1 saturated carbocycles. The second kappa shape index (κ2) is 9.27. The lowest BCUT2D eigenvalue weighted by Gasteiger charge is -2.45. The van der Waals surface area contributed by atoms with Crippen molar-refractivity contribution >= 4 is 15.9 Å². The van der Waals surface area contributed by atoms with E-state index in [1.807, 2.05) is 42.5 Å². The summed E-state index contributed by atoms with van der Waals surface area (Å²) in [5.41, 5.74) is 3.43. The van der Waals surface area contributed by atoms with Crippen molar-refractivity contribution in [1.29, 1.82) is 0 Å². The molecule has 1 aromatic carbocycles. The average molecular weight is 495 g/mol. The number of hydrogen-bond donors (Lipinski definition) is 1. The molecule has 5 unspecified atom stereocenters. The van der Waals surface area contributed by atoms with E-state index in [0.29, 0.717) is 18.8 Å². The number of hydrogen-bond acceptors (Lipinski definition) is 1. The van der Waals surface area contributed by atoms with Gasteiger partial charge in [-0.25, -0.2) is 4.39 Å². The maximum absolute atomic E-state index is 15.0. The van der Waals surface area contributed by atoms with Crippen molar-refractivity contribution in [3.8, 4) is 0 Å². The van der Waals surface area contributed by atoms with Gasteiger partial charge in [0.1, 0.15) is 11.8 Å². The topological polar surface area (TPSA) is 20.2 Å². The Balaban J connectivity index is 1.66. The number of alkyl halides is 1. The molecule has 1 aromatic rings. The molecule has 0 aliphatic heterocycles. The predicted octanol–water partition coefficient (Wildman–Crippen LogP) is 7.85. The number of halogens is 2. The minimum absolute atomic E-state index is 0.0918. The summed E-state index contributed by atoms with van der Waals surface area (Å²) < 4.78 is 16.2. The number of allylic oxidation sites excluding steroid dienone is 8. The van der Waals surface area contributed by atoms with Crippen LogP contribution >= 0.6 is 15.9 Å². The number of rotatable bonds is 4. The third-order valence-corrected chi connectivity index (χ3v) is 8.76. The van der Waals surface area contributed by atoms with Crippen molar-refractivity contribution in [1.82, 2.24) is 0 Å². The molecular weight excluding hydrogens is 463 g/mol. The molecule has 5 rings (SSSR count). The van der Waals surface area contributed by atoms with Crippen molar-refractivity contribution in [2.24, 2.45) is 17.8 Å². The normalized spacial score (nSPS) is 32.1. The molecule has 0 spiro atoms. The van der Waals surface area contributed by atoms with Gasteiger partial charge in [0.2, 0.25) is 0 Å². The van der Waals surface area contributed by atoms with Crippen LogP contribution in [0.4, 0.5) is 4.39 Å². The van der Waals surface area contributed by atoms with Crippen molar-refractivity contribution in [3.05, 3.63) is 93.6 Å². The molecule has 1 N–H and O–H groups in total. The average Bonchev–Trinajstić information content (AvgIpc) is 2.85. The maximum atomic E-state index is 15.0. The van der Waals surface area contributed by atoms with Crippen molar-refractivity contribution in [2.45, 2.75) is 63.1 Å². The summed E-state index contributed by atoms with van der Waals surface area (Å²) in [6, 6.07) is 9.97. The van der Waals surface area contributed by atoms with E-state index < -0.39 is 11.8 Å². The van der Waals surface area contributed by atoms with Gasteiger partial charge in [-0.15, -0.1) is 0 Å². The fourth-order valence-electron chi connectivity index (χ4n) is 6.40. The molecule has 0 saturated heterocycles. The highest BCUT2D eigenvalue weighted by Crippen LogP contribution is 2.52. The second-order valence-corrected chi connectivity index (χ2v) is 10.6. The monoisotopic (exact) mass is 494 g/mol. The van der Waals surface area contributed by atoms with Crippen LogP contribution in [0.5, 0.6) is 0 Å². The van der Waals surface area contributed by atoms with E-state index in [1.165, 1.54) is 34.9 Å². The van der Waals surface area contributed by atoms with Crippen LogP contribution in [0.15, 0.2) is 88.0 Å². The molecule has 1 nitrogen and oxygen atoms in total. The molecule has 3 heteroatoms. The van der Waals surface area contributed by atoms with Gasteiger partial charge in [0.25, 0.3) is 0 Å². The first kappa shape index (κ1) is 22.1. The summed E-state index contributed by atoms with van der Waals surface area (Å²) in [6.45, 7) is 0.